The number of aromatic amines is 1. The quantitative estimate of drug-likeness (QED) is 0.641. The largest absolute Gasteiger partial charge is 0.398 e. The summed E-state index contributed by atoms with van der Waals surface area (Å²) in [7, 11) is 0. The van der Waals surface area contributed by atoms with E-state index >= 15 is 0 Å². The number of hydrogen-bond acceptors (Lipinski definition) is 1. The van der Waals surface area contributed by atoms with Crippen LogP contribution in [0.25, 0.3) is 10.9 Å². The molecular weight excluding hydrogens is 160 g/mol. The van der Waals surface area contributed by atoms with E-state index in [0.717, 1.165) is 17.6 Å². The number of nitrogens with one attached hydrogen (secondary N) is 1. The molecule has 0 aliphatic carbocycles. The third-order valence-electron chi connectivity index (χ3n) is 2.53. The Morgan fingerprint density at radius 1 is 1.38 bits per heavy atom. The van der Waals surface area contributed by atoms with E-state index in [1.54, 1.807) is 0 Å². The van der Waals surface area contributed by atoms with Crippen LogP contribution >= 0.6 is 0 Å². The Bertz CT molecular complexity index is 441. The molecule has 0 bridgehead atoms. The van der Waals surface area contributed by atoms with Gasteiger partial charge in [0.05, 0.1) is 0 Å². The summed E-state index contributed by atoms with van der Waals surface area (Å²) in [6, 6.07) is 6.00. The van der Waals surface area contributed by atoms with Gasteiger partial charge in [-0.2, -0.15) is 0 Å². The highest BCUT2D eigenvalue weighted by Gasteiger charge is 2.07. The fraction of sp³-hybridized carbons (Fsp3) is 0.273. The van der Waals surface area contributed by atoms with Gasteiger partial charge in [-0.15, -0.1) is 0 Å². The van der Waals surface area contributed by atoms with Crippen LogP contribution in [0.5, 0.6) is 0 Å². The highest BCUT2D eigenvalue weighted by Crippen LogP contribution is 2.27. The van der Waals surface area contributed by atoms with E-state index in [-0.39, 0.29) is 0 Å². The van der Waals surface area contributed by atoms with E-state index in [1.807, 2.05) is 12.1 Å². The Kier molecular flexibility index (Phi) is 1.76. The number of nitrogens with two attached hydrogens (primary N) is 1. The van der Waals surface area contributed by atoms with Gasteiger partial charge in [-0.3, -0.25) is 0 Å². The van der Waals surface area contributed by atoms with Crippen LogP contribution in [0.15, 0.2) is 18.2 Å². The summed E-state index contributed by atoms with van der Waals surface area (Å²) in [6.45, 7) is 4.25. The van der Waals surface area contributed by atoms with Gasteiger partial charge in [0.15, 0.2) is 0 Å². The topological polar surface area (TPSA) is 41.8 Å². The van der Waals surface area contributed by atoms with Crippen molar-refractivity contribution in [3.05, 3.63) is 29.5 Å². The molecule has 0 fully saturated rings. The van der Waals surface area contributed by atoms with Crippen LogP contribution in [-0.4, -0.2) is 4.98 Å². The molecule has 0 saturated carbocycles. The van der Waals surface area contributed by atoms with Crippen molar-refractivity contribution >= 4 is 16.6 Å². The Hall–Kier alpha value is -1.44. The normalized spacial score (nSPS) is 10.9. The van der Waals surface area contributed by atoms with Crippen molar-refractivity contribution in [2.75, 3.05) is 5.73 Å². The lowest BCUT2D eigenvalue weighted by Crippen LogP contribution is -1.87. The number of benzene rings is 1. The summed E-state index contributed by atoms with van der Waals surface area (Å²) in [5, 5.41) is 1.20. The van der Waals surface area contributed by atoms with Crippen LogP contribution in [0.4, 0.5) is 5.69 Å². The van der Waals surface area contributed by atoms with Crippen molar-refractivity contribution in [2.24, 2.45) is 0 Å². The maximum atomic E-state index is 5.93. The molecule has 0 saturated heterocycles. The summed E-state index contributed by atoms with van der Waals surface area (Å²) in [4.78, 5) is 3.34. The fourth-order valence-electron chi connectivity index (χ4n) is 1.92. The predicted octanol–water partition coefficient (Wildman–Crippen LogP) is 2.62. The van der Waals surface area contributed by atoms with Gasteiger partial charge in [0.25, 0.3) is 0 Å². The average Bonchev–Trinajstić information content (AvgIpc) is 2.42. The fourth-order valence-corrected chi connectivity index (χ4v) is 1.92. The van der Waals surface area contributed by atoms with Crippen molar-refractivity contribution in [3.8, 4) is 0 Å². The van der Waals surface area contributed by atoms with Crippen molar-refractivity contribution in [1.29, 1.82) is 0 Å². The zero-order valence-electron chi connectivity index (χ0n) is 8.02. The molecular formula is C11H14N2. The van der Waals surface area contributed by atoms with Crippen molar-refractivity contribution < 1.29 is 0 Å². The Balaban J connectivity index is 2.88. The molecule has 0 unspecified atom stereocenters. The molecule has 0 aliphatic rings. The lowest BCUT2D eigenvalue weighted by molar-refractivity contribution is 1.11. The van der Waals surface area contributed by atoms with Crippen LogP contribution in [0.3, 0.4) is 0 Å². The third kappa shape index (κ3) is 1.10. The van der Waals surface area contributed by atoms with Gasteiger partial charge in [-0.05, 0) is 31.0 Å². The number of rotatable bonds is 1. The highest BCUT2D eigenvalue weighted by molar-refractivity contribution is 5.94. The first-order chi connectivity index (χ1) is 6.24. The summed E-state index contributed by atoms with van der Waals surface area (Å²) in [6.07, 6.45) is 1.03. The number of anilines is 1. The minimum absolute atomic E-state index is 0.874. The minimum Gasteiger partial charge on any atom is -0.398 e. The summed E-state index contributed by atoms with van der Waals surface area (Å²) in [5.41, 5.74) is 10.5. The molecule has 2 aromatic rings. The van der Waals surface area contributed by atoms with Gasteiger partial charge < -0.3 is 10.7 Å². The van der Waals surface area contributed by atoms with Crippen LogP contribution in [0.2, 0.25) is 0 Å². The lowest BCUT2D eigenvalue weighted by Gasteiger charge is -1.98. The SMILES string of the molecule is CCc1c(C)[nH]c2cccc(N)c12. The molecule has 0 aliphatic heterocycles. The minimum atomic E-state index is 0.874. The molecule has 1 heterocycles. The molecule has 0 atom stereocenters. The van der Waals surface area contributed by atoms with Gasteiger partial charge in [0.1, 0.15) is 0 Å². The van der Waals surface area contributed by atoms with Gasteiger partial charge in [0.2, 0.25) is 0 Å². The number of nitrogen functional groups attached to an aromatic ring is 1. The third-order valence-corrected chi connectivity index (χ3v) is 2.53. The first-order valence-corrected chi connectivity index (χ1v) is 4.59. The smallest absolute Gasteiger partial charge is 0.0479 e. The molecule has 3 N–H and O–H groups in total. The Morgan fingerprint density at radius 3 is 2.85 bits per heavy atom. The summed E-state index contributed by atoms with van der Waals surface area (Å²) in [5.74, 6) is 0. The zero-order chi connectivity index (χ0) is 9.42. The molecule has 0 amide bonds. The molecule has 2 rings (SSSR count). The standard InChI is InChI=1S/C11H14N2/c1-3-8-7(2)13-10-6-4-5-9(12)11(8)10/h4-6,13H,3,12H2,1-2H3. The van der Waals surface area contributed by atoms with Crippen LogP contribution < -0.4 is 5.73 Å². The molecule has 0 radical (unpaired) electrons. The molecule has 0 spiro atoms. The molecule has 1 aromatic heterocycles. The van der Waals surface area contributed by atoms with Crippen molar-refractivity contribution in [2.45, 2.75) is 20.3 Å². The maximum absolute atomic E-state index is 5.93. The number of H-pyrrole nitrogens is 1. The average molecular weight is 174 g/mol. The van der Waals surface area contributed by atoms with E-state index in [4.69, 9.17) is 5.73 Å². The predicted molar refractivity (Wildman–Crippen MR) is 56.8 cm³/mol. The Morgan fingerprint density at radius 2 is 2.15 bits per heavy atom. The van der Waals surface area contributed by atoms with Gasteiger partial charge in [-0.1, -0.05) is 13.0 Å². The second-order valence-corrected chi connectivity index (χ2v) is 3.35. The van der Waals surface area contributed by atoms with Crippen LogP contribution in [0.1, 0.15) is 18.2 Å². The van der Waals surface area contributed by atoms with E-state index in [9.17, 15) is 0 Å². The lowest BCUT2D eigenvalue weighted by atomic mass is 10.1. The number of hydrogen-bond donors (Lipinski definition) is 2. The monoisotopic (exact) mass is 174 g/mol. The highest BCUT2D eigenvalue weighted by atomic mass is 14.7. The summed E-state index contributed by atoms with van der Waals surface area (Å²) < 4.78 is 0. The molecule has 2 heteroatoms. The Labute approximate surface area is 77.8 Å². The van der Waals surface area contributed by atoms with Gasteiger partial charge in [-0.25, -0.2) is 0 Å². The molecule has 2 nitrogen and oxygen atoms in total. The summed E-state index contributed by atoms with van der Waals surface area (Å²) >= 11 is 0. The van der Waals surface area contributed by atoms with E-state index in [2.05, 4.69) is 24.9 Å². The first kappa shape index (κ1) is 8.17. The number of aromatic nitrogens is 1. The number of aryl methyl sites for hydroxylation is 2. The van der Waals surface area contributed by atoms with E-state index < -0.39 is 0 Å². The zero-order valence-corrected chi connectivity index (χ0v) is 8.02. The van der Waals surface area contributed by atoms with Crippen molar-refractivity contribution in [1.82, 2.24) is 4.98 Å². The first-order valence-electron chi connectivity index (χ1n) is 4.59. The second kappa shape index (κ2) is 2.80. The van der Waals surface area contributed by atoms with Gasteiger partial charge >= 0.3 is 0 Å². The van der Waals surface area contributed by atoms with E-state index in [1.165, 1.54) is 16.6 Å². The molecule has 13 heavy (non-hydrogen) atoms. The molecule has 1 aromatic carbocycles. The van der Waals surface area contributed by atoms with E-state index in [0.29, 0.717) is 0 Å². The maximum Gasteiger partial charge on any atom is 0.0479 e. The van der Waals surface area contributed by atoms with Crippen molar-refractivity contribution in [3.63, 3.8) is 0 Å². The molecule has 68 valence electrons. The number of fused-ring (bicyclic) bond motifs is 1. The van der Waals surface area contributed by atoms with Crippen LogP contribution in [0, 0.1) is 6.92 Å². The van der Waals surface area contributed by atoms with Crippen LogP contribution in [-0.2, 0) is 6.42 Å². The van der Waals surface area contributed by atoms with Gasteiger partial charge in [0, 0.05) is 22.3 Å². The second-order valence-electron chi connectivity index (χ2n) is 3.35.